The molecule has 0 aliphatic rings. The van der Waals surface area contributed by atoms with Gasteiger partial charge in [-0.05, 0) is 38.5 Å². The number of aromatic amines is 1. The summed E-state index contributed by atoms with van der Waals surface area (Å²) in [4.78, 5) is 37.0. The molecule has 0 saturated carbocycles. The van der Waals surface area contributed by atoms with Crippen LogP contribution < -0.4 is 5.56 Å². The number of aryl methyl sites for hydroxylation is 1. The Morgan fingerprint density at radius 3 is 2.35 bits per heavy atom. The summed E-state index contributed by atoms with van der Waals surface area (Å²) in [6.45, 7) is 5.22. The number of ether oxygens (including phenoxy) is 1. The van der Waals surface area contributed by atoms with Crippen LogP contribution in [-0.2, 0) is 21.1 Å². The fraction of sp³-hybridized carbons (Fsp3) is 0.353. The Bertz CT molecular complexity index is 1030. The van der Waals surface area contributed by atoms with E-state index in [0.29, 0.717) is 6.54 Å². The highest BCUT2D eigenvalue weighted by Crippen LogP contribution is 2.25. The van der Waals surface area contributed by atoms with E-state index in [0.717, 1.165) is 6.26 Å². The third kappa shape index (κ3) is 3.48. The molecule has 0 aliphatic heterocycles. The number of hydrogen-bond acceptors (Lipinski definition) is 6. The third-order valence-corrected chi connectivity index (χ3v) is 5.09. The number of esters is 1. The normalized spacial score (nSPS) is 11.4. The summed E-state index contributed by atoms with van der Waals surface area (Å²) in [7, 11) is -3.72. The predicted molar refractivity (Wildman–Crippen MR) is 94.4 cm³/mol. The average Bonchev–Trinajstić information content (AvgIpc) is 2.93. The first-order chi connectivity index (χ1) is 12.1. The lowest BCUT2D eigenvalue weighted by atomic mass is 9.96. The molecule has 0 amide bonds. The molecule has 2 rings (SSSR count). The molecular weight excluding hydrogens is 360 g/mol. The van der Waals surface area contributed by atoms with Gasteiger partial charge in [-0.25, -0.2) is 13.2 Å². The van der Waals surface area contributed by atoms with E-state index in [1.54, 1.807) is 13.8 Å². The van der Waals surface area contributed by atoms with Crippen molar-refractivity contribution in [3.05, 3.63) is 50.9 Å². The first kappa shape index (κ1) is 19.6. The number of sulfone groups is 1. The van der Waals surface area contributed by atoms with Crippen LogP contribution in [0.25, 0.3) is 0 Å². The van der Waals surface area contributed by atoms with Crippen LogP contribution in [0.1, 0.15) is 45.7 Å². The molecule has 9 heteroatoms. The smallest absolute Gasteiger partial charge is 0.339 e. The van der Waals surface area contributed by atoms with Gasteiger partial charge in [-0.15, -0.1) is 0 Å². The Morgan fingerprint density at radius 2 is 1.85 bits per heavy atom. The van der Waals surface area contributed by atoms with E-state index in [9.17, 15) is 22.8 Å². The highest BCUT2D eigenvalue weighted by molar-refractivity contribution is 7.90. The van der Waals surface area contributed by atoms with Crippen molar-refractivity contribution in [2.45, 2.75) is 32.2 Å². The van der Waals surface area contributed by atoms with Crippen LogP contribution in [0.3, 0.4) is 0 Å². The second-order valence-electron chi connectivity index (χ2n) is 5.67. The minimum absolute atomic E-state index is 0.0542. The van der Waals surface area contributed by atoms with Crippen LogP contribution in [0, 0.1) is 6.92 Å². The topological polar surface area (TPSA) is 115 Å². The molecule has 0 atom stereocenters. The number of hydrogen-bond donors (Lipinski definition) is 1. The second-order valence-corrected chi connectivity index (χ2v) is 7.65. The van der Waals surface area contributed by atoms with E-state index >= 15 is 0 Å². The van der Waals surface area contributed by atoms with Crippen molar-refractivity contribution in [2.75, 3.05) is 12.9 Å². The first-order valence-electron chi connectivity index (χ1n) is 7.97. The van der Waals surface area contributed by atoms with E-state index in [2.05, 4.69) is 5.10 Å². The highest BCUT2D eigenvalue weighted by Gasteiger charge is 2.27. The van der Waals surface area contributed by atoms with E-state index < -0.39 is 27.1 Å². The van der Waals surface area contributed by atoms with Crippen LogP contribution in [0.5, 0.6) is 0 Å². The van der Waals surface area contributed by atoms with Gasteiger partial charge in [-0.1, -0.05) is 0 Å². The number of ketones is 1. The van der Waals surface area contributed by atoms with Gasteiger partial charge < -0.3 is 9.84 Å². The minimum Gasteiger partial charge on any atom is -0.462 e. The van der Waals surface area contributed by atoms with E-state index in [-0.39, 0.29) is 33.8 Å². The molecular formula is C17H20N2O6S. The molecule has 0 fully saturated rings. The lowest BCUT2D eigenvalue weighted by Crippen LogP contribution is -2.22. The SMILES string of the molecule is CCOC(=O)c1c(S(C)(=O)=O)ccc(C(=O)c2c[nH]n(CC)c2=O)c1C. The lowest BCUT2D eigenvalue weighted by molar-refractivity contribution is 0.0521. The molecule has 1 N–H and O–H groups in total. The fourth-order valence-electron chi connectivity index (χ4n) is 2.65. The van der Waals surface area contributed by atoms with Crippen molar-refractivity contribution < 1.29 is 22.7 Å². The quantitative estimate of drug-likeness (QED) is 0.597. The van der Waals surface area contributed by atoms with Crippen molar-refractivity contribution in [3.8, 4) is 0 Å². The monoisotopic (exact) mass is 380 g/mol. The second kappa shape index (κ2) is 7.28. The maximum Gasteiger partial charge on any atom is 0.339 e. The maximum absolute atomic E-state index is 12.8. The minimum atomic E-state index is -3.72. The maximum atomic E-state index is 12.8. The number of H-pyrrole nitrogens is 1. The average molecular weight is 380 g/mol. The molecule has 0 radical (unpaired) electrons. The number of aromatic nitrogens is 2. The van der Waals surface area contributed by atoms with Crippen molar-refractivity contribution in [2.24, 2.45) is 0 Å². The lowest BCUT2D eigenvalue weighted by Gasteiger charge is -2.13. The van der Waals surface area contributed by atoms with Gasteiger partial charge in [0.2, 0.25) is 0 Å². The number of rotatable bonds is 6. The summed E-state index contributed by atoms with van der Waals surface area (Å²) in [6, 6.07) is 2.49. The fourth-order valence-corrected chi connectivity index (χ4v) is 3.57. The number of nitrogens with one attached hydrogen (secondary N) is 1. The number of nitrogens with zero attached hydrogens (tertiary/aromatic N) is 1. The molecule has 8 nitrogen and oxygen atoms in total. The molecule has 0 spiro atoms. The molecule has 0 aliphatic carbocycles. The molecule has 26 heavy (non-hydrogen) atoms. The Morgan fingerprint density at radius 1 is 1.19 bits per heavy atom. The molecule has 1 aromatic heterocycles. The van der Waals surface area contributed by atoms with Gasteiger partial charge in [0.25, 0.3) is 5.56 Å². The summed E-state index contributed by atoms with van der Waals surface area (Å²) < 4.78 is 30.2. The van der Waals surface area contributed by atoms with Crippen LogP contribution in [-0.4, -0.2) is 42.8 Å². The van der Waals surface area contributed by atoms with Gasteiger partial charge in [0, 0.05) is 24.6 Å². The highest BCUT2D eigenvalue weighted by atomic mass is 32.2. The summed E-state index contributed by atoms with van der Waals surface area (Å²) in [5.74, 6) is -1.43. The molecule has 0 saturated heterocycles. The Labute approximate surface area is 150 Å². The summed E-state index contributed by atoms with van der Waals surface area (Å²) in [5.41, 5.74) is -0.537. The van der Waals surface area contributed by atoms with Crippen LogP contribution in [0.2, 0.25) is 0 Å². The van der Waals surface area contributed by atoms with Gasteiger partial charge in [0.05, 0.1) is 17.1 Å². The van der Waals surface area contributed by atoms with Gasteiger partial charge in [0.1, 0.15) is 5.56 Å². The van der Waals surface area contributed by atoms with Gasteiger partial charge in [-0.2, -0.15) is 0 Å². The Balaban J connectivity index is 2.69. The van der Waals surface area contributed by atoms with Gasteiger partial charge >= 0.3 is 5.97 Å². The molecule has 1 heterocycles. The number of carbonyl (C=O) groups is 2. The first-order valence-corrected chi connectivity index (χ1v) is 9.86. The zero-order chi connectivity index (χ0) is 19.6. The van der Waals surface area contributed by atoms with Gasteiger partial charge in [0.15, 0.2) is 15.6 Å². The largest absolute Gasteiger partial charge is 0.462 e. The Hall–Kier alpha value is -2.68. The van der Waals surface area contributed by atoms with Crippen LogP contribution in [0.15, 0.2) is 28.0 Å². The zero-order valence-corrected chi connectivity index (χ0v) is 15.8. The van der Waals surface area contributed by atoms with Crippen molar-refractivity contribution in [1.82, 2.24) is 9.78 Å². The summed E-state index contributed by atoms with van der Waals surface area (Å²) in [6.07, 6.45) is 2.26. The van der Waals surface area contributed by atoms with Crippen LogP contribution >= 0.6 is 0 Å². The Kier molecular flexibility index (Phi) is 5.50. The molecule has 140 valence electrons. The van der Waals surface area contributed by atoms with Gasteiger partial charge in [-0.3, -0.25) is 14.3 Å². The molecule has 0 unspecified atom stereocenters. The standard InChI is InChI=1S/C17H20N2O6S/c1-5-19-16(21)12(9-18-19)15(20)11-7-8-13(26(4,23)24)14(10(11)3)17(22)25-6-2/h7-9,18H,5-6H2,1-4H3. The molecule has 2 aromatic rings. The predicted octanol–water partition coefficient (Wildman–Crippen LogP) is 1.32. The summed E-state index contributed by atoms with van der Waals surface area (Å²) in [5, 5.41) is 2.68. The van der Waals surface area contributed by atoms with Crippen molar-refractivity contribution in [3.63, 3.8) is 0 Å². The molecule has 1 aromatic carbocycles. The molecule has 0 bridgehead atoms. The zero-order valence-electron chi connectivity index (χ0n) is 15.0. The van der Waals surface area contributed by atoms with Crippen molar-refractivity contribution in [1.29, 1.82) is 0 Å². The van der Waals surface area contributed by atoms with E-state index in [1.807, 2.05) is 0 Å². The van der Waals surface area contributed by atoms with Crippen LogP contribution in [0.4, 0.5) is 0 Å². The third-order valence-electron chi connectivity index (χ3n) is 3.95. The number of benzene rings is 1. The summed E-state index contributed by atoms with van der Waals surface area (Å²) >= 11 is 0. The van der Waals surface area contributed by atoms with Crippen molar-refractivity contribution >= 4 is 21.6 Å². The number of carbonyl (C=O) groups excluding carboxylic acids is 2. The van der Waals surface area contributed by atoms with E-state index in [1.165, 1.54) is 29.9 Å². The van der Waals surface area contributed by atoms with E-state index in [4.69, 9.17) is 4.74 Å².